The van der Waals surface area contributed by atoms with Crippen molar-refractivity contribution < 1.29 is 9.90 Å². The molecule has 1 atom stereocenters. The van der Waals surface area contributed by atoms with Gasteiger partial charge in [-0.15, -0.1) is 0 Å². The summed E-state index contributed by atoms with van der Waals surface area (Å²) in [5.74, 6) is -1.17. The van der Waals surface area contributed by atoms with Gasteiger partial charge in [-0.2, -0.15) is 5.10 Å². The van der Waals surface area contributed by atoms with Gasteiger partial charge in [0.15, 0.2) is 0 Å². The van der Waals surface area contributed by atoms with Crippen LogP contribution < -0.4 is 0 Å². The first-order valence-corrected chi connectivity index (χ1v) is 5.68. The van der Waals surface area contributed by atoms with Crippen LogP contribution in [0.4, 0.5) is 0 Å². The van der Waals surface area contributed by atoms with Crippen molar-refractivity contribution in [1.29, 1.82) is 0 Å². The number of aromatic nitrogens is 2. The number of rotatable bonds is 3. The van der Waals surface area contributed by atoms with Crippen LogP contribution in [0.3, 0.4) is 0 Å². The molecule has 1 unspecified atom stereocenters. The van der Waals surface area contributed by atoms with Crippen molar-refractivity contribution in [3.05, 3.63) is 35.7 Å². The van der Waals surface area contributed by atoms with Crippen LogP contribution in [0.5, 0.6) is 0 Å². The Labute approximate surface area is 99.9 Å². The zero-order chi connectivity index (χ0) is 12.6. The molecule has 0 aliphatic heterocycles. The molecule has 1 N–H and O–H groups in total. The summed E-state index contributed by atoms with van der Waals surface area (Å²) in [5, 5.41) is 13.5. The van der Waals surface area contributed by atoms with Crippen molar-refractivity contribution in [1.82, 2.24) is 9.61 Å². The van der Waals surface area contributed by atoms with Crippen LogP contribution in [0.1, 0.15) is 31.0 Å². The fourth-order valence-corrected chi connectivity index (χ4v) is 2.15. The molecule has 2 rings (SSSR count). The summed E-state index contributed by atoms with van der Waals surface area (Å²) in [7, 11) is 0. The van der Waals surface area contributed by atoms with Crippen LogP contribution in [0, 0.1) is 12.8 Å². The van der Waals surface area contributed by atoms with E-state index in [-0.39, 0.29) is 5.92 Å². The summed E-state index contributed by atoms with van der Waals surface area (Å²) in [6.45, 7) is 5.76. The van der Waals surface area contributed by atoms with Crippen LogP contribution in [0.15, 0.2) is 24.4 Å². The smallest absolute Gasteiger partial charge is 0.311 e. The van der Waals surface area contributed by atoms with Gasteiger partial charge in [0.25, 0.3) is 0 Å². The SMILES string of the molecule is Cc1cc2cc(C(C(=O)O)C(C)C)ccn2n1. The Morgan fingerprint density at radius 2 is 2.12 bits per heavy atom. The molecule has 0 saturated heterocycles. The minimum Gasteiger partial charge on any atom is -0.481 e. The van der Waals surface area contributed by atoms with E-state index in [0.717, 1.165) is 16.8 Å². The summed E-state index contributed by atoms with van der Waals surface area (Å²) >= 11 is 0. The zero-order valence-electron chi connectivity index (χ0n) is 10.2. The quantitative estimate of drug-likeness (QED) is 0.884. The maximum Gasteiger partial charge on any atom is 0.311 e. The molecule has 0 fully saturated rings. The second-order valence-electron chi connectivity index (χ2n) is 4.68. The van der Waals surface area contributed by atoms with E-state index >= 15 is 0 Å². The van der Waals surface area contributed by atoms with E-state index in [1.807, 2.05) is 45.2 Å². The van der Waals surface area contributed by atoms with Gasteiger partial charge in [0, 0.05) is 6.20 Å². The summed E-state index contributed by atoms with van der Waals surface area (Å²) in [4.78, 5) is 11.3. The van der Waals surface area contributed by atoms with Gasteiger partial charge in [0.2, 0.25) is 0 Å². The number of carbonyl (C=O) groups is 1. The standard InChI is InChI=1S/C13H16N2O2/c1-8(2)12(13(16)17)10-4-5-15-11(7-10)6-9(3)14-15/h4-8,12H,1-3H3,(H,16,17). The average Bonchev–Trinajstić information content (AvgIpc) is 2.56. The molecule has 0 aromatic carbocycles. The maximum absolute atomic E-state index is 11.3. The zero-order valence-corrected chi connectivity index (χ0v) is 10.2. The van der Waals surface area contributed by atoms with E-state index in [2.05, 4.69) is 5.10 Å². The van der Waals surface area contributed by atoms with E-state index < -0.39 is 11.9 Å². The number of hydrogen-bond donors (Lipinski definition) is 1. The first-order valence-electron chi connectivity index (χ1n) is 5.68. The minimum atomic E-state index is -0.777. The summed E-state index contributed by atoms with van der Waals surface area (Å²) in [6, 6.07) is 5.68. The van der Waals surface area contributed by atoms with E-state index in [4.69, 9.17) is 0 Å². The molecule has 4 nitrogen and oxygen atoms in total. The Morgan fingerprint density at radius 1 is 1.41 bits per heavy atom. The molecule has 0 radical (unpaired) electrons. The van der Waals surface area contributed by atoms with Crippen LogP contribution in [-0.4, -0.2) is 20.7 Å². The molecule has 0 amide bonds. The third-order valence-corrected chi connectivity index (χ3v) is 2.90. The van der Waals surface area contributed by atoms with Gasteiger partial charge in [-0.3, -0.25) is 4.79 Å². The fraction of sp³-hybridized carbons (Fsp3) is 0.385. The van der Waals surface area contributed by atoms with Crippen molar-refractivity contribution in [3.8, 4) is 0 Å². The molecule has 0 aliphatic carbocycles. The lowest BCUT2D eigenvalue weighted by molar-refractivity contribution is -0.139. The largest absolute Gasteiger partial charge is 0.481 e. The number of carboxylic acid groups (broad SMARTS) is 1. The van der Waals surface area contributed by atoms with Gasteiger partial charge in [-0.05, 0) is 36.6 Å². The number of carboxylic acids is 1. The normalized spacial score (nSPS) is 13.2. The Balaban J connectivity index is 2.50. The summed E-state index contributed by atoms with van der Waals surface area (Å²) in [6.07, 6.45) is 1.82. The third-order valence-electron chi connectivity index (χ3n) is 2.90. The highest BCUT2D eigenvalue weighted by Gasteiger charge is 2.23. The highest BCUT2D eigenvalue weighted by Crippen LogP contribution is 2.25. The topological polar surface area (TPSA) is 54.6 Å². The predicted molar refractivity (Wildman–Crippen MR) is 65.1 cm³/mol. The van der Waals surface area contributed by atoms with Crippen molar-refractivity contribution >= 4 is 11.5 Å². The lowest BCUT2D eigenvalue weighted by atomic mass is 9.89. The van der Waals surface area contributed by atoms with Crippen LogP contribution >= 0.6 is 0 Å². The molecule has 2 aromatic heterocycles. The highest BCUT2D eigenvalue weighted by atomic mass is 16.4. The Kier molecular flexibility index (Phi) is 2.88. The Morgan fingerprint density at radius 3 is 2.71 bits per heavy atom. The average molecular weight is 232 g/mol. The van der Waals surface area contributed by atoms with Crippen molar-refractivity contribution in [2.75, 3.05) is 0 Å². The van der Waals surface area contributed by atoms with Crippen LogP contribution in [0.25, 0.3) is 5.52 Å². The minimum absolute atomic E-state index is 0.0685. The van der Waals surface area contributed by atoms with Crippen molar-refractivity contribution in [2.24, 2.45) is 5.92 Å². The lowest BCUT2D eigenvalue weighted by Crippen LogP contribution is -2.17. The molecular weight excluding hydrogens is 216 g/mol. The van der Waals surface area contributed by atoms with Gasteiger partial charge in [-0.25, -0.2) is 4.52 Å². The predicted octanol–water partition coefficient (Wildman–Crippen LogP) is 2.47. The Bertz CT molecular complexity index is 558. The second-order valence-corrected chi connectivity index (χ2v) is 4.68. The molecule has 2 aromatic rings. The van der Waals surface area contributed by atoms with E-state index in [9.17, 15) is 9.90 Å². The fourth-order valence-electron chi connectivity index (χ4n) is 2.15. The molecule has 2 heterocycles. The van der Waals surface area contributed by atoms with E-state index in [1.54, 1.807) is 4.52 Å². The van der Waals surface area contributed by atoms with Gasteiger partial charge in [0.1, 0.15) is 0 Å². The molecule has 4 heteroatoms. The van der Waals surface area contributed by atoms with Crippen LogP contribution in [0.2, 0.25) is 0 Å². The van der Waals surface area contributed by atoms with Gasteiger partial charge < -0.3 is 5.11 Å². The molecular formula is C13H16N2O2. The Hall–Kier alpha value is -1.84. The molecule has 90 valence electrons. The number of aryl methyl sites for hydroxylation is 1. The maximum atomic E-state index is 11.3. The van der Waals surface area contributed by atoms with Crippen LogP contribution in [-0.2, 0) is 4.79 Å². The number of fused-ring (bicyclic) bond motifs is 1. The highest BCUT2D eigenvalue weighted by molar-refractivity contribution is 5.77. The molecule has 0 aliphatic rings. The van der Waals surface area contributed by atoms with E-state index in [0.29, 0.717) is 0 Å². The first-order chi connectivity index (χ1) is 7.99. The van der Waals surface area contributed by atoms with Gasteiger partial charge >= 0.3 is 5.97 Å². The molecule has 0 bridgehead atoms. The summed E-state index contributed by atoms with van der Waals surface area (Å²) in [5.41, 5.74) is 2.70. The van der Waals surface area contributed by atoms with Crippen molar-refractivity contribution in [2.45, 2.75) is 26.7 Å². The second kappa shape index (κ2) is 4.20. The number of aliphatic carboxylic acids is 1. The molecule has 0 saturated carbocycles. The summed E-state index contributed by atoms with van der Waals surface area (Å²) < 4.78 is 1.76. The molecule has 0 spiro atoms. The van der Waals surface area contributed by atoms with Gasteiger partial charge in [0.05, 0.1) is 17.1 Å². The lowest BCUT2D eigenvalue weighted by Gasteiger charge is -2.16. The number of hydrogen-bond acceptors (Lipinski definition) is 2. The third kappa shape index (κ3) is 2.16. The van der Waals surface area contributed by atoms with Gasteiger partial charge in [-0.1, -0.05) is 13.8 Å². The number of nitrogens with zero attached hydrogens (tertiary/aromatic N) is 2. The number of pyridine rings is 1. The molecule has 17 heavy (non-hydrogen) atoms. The van der Waals surface area contributed by atoms with E-state index in [1.165, 1.54) is 0 Å². The first kappa shape index (κ1) is 11.6. The van der Waals surface area contributed by atoms with Crippen molar-refractivity contribution in [3.63, 3.8) is 0 Å². The monoisotopic (exact) mass is 232 g/mol.